The summed E-state index contributed by atoms with van der Waals surface area (Å²) in [5, 5.41) is 9.16. The summed E-state index contributed by atoms with van der Waals surface area (Å²) in [7, 11) is 0. The monoisotopic (exact) mass is 679 g/mol. The second kappa shape index (κ2) is 27.8. The topological polar surface area (TPSA) is 80.7 Å². The molecule has 0 aromatic heterocycles. The van der Waals surface area contributed by atoms with Crippen LogP contribution in [0.15, 0.2) is 12.1 Å². The van der Waals surface area contributed by atoms with E-state index in [2.05, 4.69) is 51.3 Å². The van der Waals surface area contributed by atoms with E-state index in [9.17, 15) is 4.79 Å². The third-order valence-corrected chi connectivity index (χ3v) is 9.48. The second-order valence-corrected chi connectivity index (χ2v) is 13.3. The Morgan fingerprint density at radius 3 is 1.75 bits per heavy atom. The predicted octanol–water partition coefficient (Wildman–Crippen LogP) is 8.88. The first kappa shape index (κ1) is 44.0. The van der Waals surface area contributed by atoms with Gasteiger partial charge in [0.2, 0.25) is 5.75 Å². The number of β-amino-alcohol motifs (C(OH)–C–C–N with tert-alkyl or cyclic N) is 1. The molecular formula is C40H74N2O6. The second-order valence-electron chi connectivity index (χ2n) is 13.3. The minimum atomic E-state index is -0.352. The number of ether oxygens (including phenoxy) is 4. The summed E-state index contributed by atoms with van der Waals surface area (Å²) in [4.78, 5) is 18.1. The van der Waals surface area contributed by atoms with Crippen LogP contribution in [0.25, 0.3) is 0 Å². The number of aliphatic hydroxyl groups is 1. The Balaban J connectivity index is 0.00000565. The molecule has 1 N–H and O–H groups in total. The van der Waals surface area contributed by atoms with Gasteiger partial charge in [0, 0.05) is 32.7 Å². The lowest BCUT2D eigenvalue weighted by Gasteiger charge is -2.34. The highest BCUT2D eigenvalue weighted by Gasteiger charge is 2.23. The van der Waals surface area contributed by atoms with Crippen molar-refractivity contribution in [3.05, 3.63) is 17.7 Å². The molecule has 280 valence electrons. The summed E-state index contributed by atoms with van der Waals surface area (Å²) in [5.74, 6) is 2.67. The van der Waals surface area contributed by atoms with Gasteiger partial charge in [-0.15, -0.1) is 0 Å². The molecule has 0 amide bonds. The number of rotatable bonds is 26. The largest absolute Gasteiger partial charge is 0.489 e. The van der Waals surface area contributed by atoms with Gasteiger partial charge in [-0.25, -0.2) is 4.79 Å². The average molecular weight is 679 g/mol. The standard InChI is InChI=1S/C38H68N2O6.C2H6/c1-7-12-16-32(10-4)29-45-36-27-34(38(42)43-25-15-14-18-39-19-21-40(22-20-39)23-24-41)26-35(44-28-31(6)9-3)37(36)46-30-33(11-5)17-13-8-2;1-2/h26-27,31-33,41H,7-25,28-30H2,1-6H3;1-2H3. The first-order valence-corrected chi connectivity index (χ1v) is 19.7. The summed E-state index contributed by atoms with van der Waals surface area (Å²) in [6, 6.07) is 3.60. The summed E-state index contributed by atoms with van der Waals surface area (Å²) < 4.78 is 25.2. The zero-order chi connectivity index (χ0) is 35.6. The molecule has 0 saturated carbocycles. The van der Waals surface area contributed by atoms with Crippen LogP contribution in [-0.4, -0.2) is 93.2 Å². The quantitative estimate of drug-likeness (QED) is 0.0769. The fourth-order valence-corrected chi connectivity index (χ4v) is 5.67. The van der Waals surface area contributed by atoms with Gasteiger partial charge >= 0.3 is 5.97 Å². The number of nitrogens with zero attached hydrogens (tertiary/aromatic N) is 2. The predicted molar refractivity (Wildman–Crippen MR) is 200 cm³/mol. The molecule has 0 radical (unpaired) electrons. The van der Waals surface area contributed by atoms with Gasteiger partial charge in [-0.2, -0.15) is 0 Å². The van der Waals surface area contributed by atoms with Gasteiger partial charge in [0.05, 0.1) is 38.6 Å². The van der Waals surface area contributed by atoms with E-state index in [1.165, 1.54) is 19.3 Å². The lowest BCUT2D eigenvalue weighted by molar-refractivity contribution is 0.0489. The molecule has 1 aliphatic rings. The number of hydrogen-bond donors (Lipinski definition) is 1. The molecule has 0 bridgehead atoms. The Morgan fingerprint density at radius 2 is 1.25 bits per heavy atom. The molecule has 3 atom stereocenters. The number of aliphatic hydroxyl groups excluding tert-OH is 1. The Hall–Kier alpha value is -2.03. The third kappa shape index (κ3) is 17.6. The Bertz CT molecular complexity index is 937. The minimum absolute atomic E-state index is 0.219. The van der Waals surface area contributed by atoms with Crippen LogP contribution in [0.1, 0.15) is 136 Å². The van der Waals surface area contributed by atoms with Crippen molar-refractivity contribution in [3.8, 4) is 17.2 Å². The maximum absolute atomic E-state index is 13.4. The maximum Gasteiger partial charge on any atom is 0.338 e. The lowest BCUT2D eigenvalue weighted by Crippen LogP contribution is -2.47. The molecule has 1 aromatic carbocycles. The number of unbranched alkanes of at least 4 members (excludes halogenated alkanes) is 3. The van der Waals surface area contributed by atoms with E-state index >= 15 is 0 Å². The van der Waals surface area contributed by atoms with Crippen LogP contribution in [0.4, 0.5) is 0 Å². The zero-order valence-corrected chi connectivity index (χ0v) is 32.3. The van der Waals surface area contributed by atoms with E-state index in [4.69, 9.17) is 24.1 Å². The van der Waals surface area contributed by atoms with Gasteiger partial charge < -0.3 is 29.0 Å². The molecule has 1 saturated heterocycles. The molecule has 2 rings (SSSR count). The van der Waals surface area contributed by atoms with Gasteiger partial charge in [0.1, 0.15) is 0 Å². The molecule has 1 aliphatic heterocycles. The number of piperazine rings is 1. The van der Waals surface area contributed by atoms with Crippen LogP contribution in [0.5, 0.6) is 17.2 Å². The first-order chi connectivity index (χ1) is 23.4. The van der Waals surface area contributed by atoms with Crippen LogP contribution in [0.2, 0.25) is 0 Å². The Morgan fingerprint density at radius 1 is 0.729 bits per heavy atom. The van der Waals surface area contributed by atoms with Crippen molar-refractivity contribution >= 4 is 5.97 Å². The van der Waals surface area contributed by atoms with E-state index in [-0.39, 0.29) is 12.6 Å². The van der Waals surface area contributed by atoms with Gasteiger partial charge in [-0.1, -0.05) is 100 Å². The van der Waals surface area contributed by atoms with Crippen LogP contribution < -0.4 is 14.2 Å². The lowest BCUT2D eigenvalue weighted by atomic mass is 10.0. The third-order valence-electron chi connectivity index (χ3n) is 9.48. The van der Waals surface area contributed by atoms with E-state index in [1.54, 1.807) is 12.1 Å². The molecule has 0 aliphatic carbocycles. The van der Waals surface area contributed by atoms with Gasteiger partial charge in [-0.05, 0) is 62.1 Å². The van der Waals surface area contributed by atoms with Crippen LogP contribution in [-0.2, 0) is 4.74 Å². The van der Waals surface area contributed by atoms with E-state index in [1.807, 2.05) is 13.8 Å². The molecule has 8 nitrogen and oxygen atoms in total. The van der Waals surface area contributed by atoms with Crippen molar-refractivity contribution in [2.45, 2.75) is 126 Å². The highest BCUT2D eigenvalue weighted by Crippen LogP contribution is 2.40. The summed E-state index contributed by atoms with van der Waals surface area (Å²) in [5.41, 5.74) is 0.445. The van der Waals surface area contributed by atoms with Crippen molar-refractivity contribution in [1.82, 2.24) is 9.80 Å². The van der Waals surface area contributed by atoms with Gasteiger partial charge in [0.15, 0.2) is 11.5 Å². The molecule has 1 heterocycles. The Kier molecular flexibility index (Phi) is 25.4. The molecule has 3 unspecified atom stereocenters. The summed E-state index contributed by atoms with van der Waals surface area (Å²) in [6.07, 6.45) is 11.8. The number of hydrogen-bond acceptors (Lipinski definition) is 8. The molecule has 8 heteroatoms. The molecule has 48 heavy (non-hydrogen) atoms. The normalized spacial score (nSPS) is 15.6. The number of benzene rings is 1. The van der Waals surface area contributed by atoms with Crippen molar-refractivity contribution in [3.63, 3.8) is 0 Å². The highest BCUT2D eigenvalue weighted by molar-refractivity contribution is 5.91. The average Bonchev–Trinajstić information content (AvgIpc) is 3.12. The smallest absolute Gasteiger partial charge is 0.338 e. The van der Waals surface area contributed by atoms with E-state index < -0.39 is 0 Å². The zero-order valence-electron chi connectivity index (χ0n) is 32.3. The number of carbonyl (C=O) groups is 1. The SMILES string of the molecule is CC.CCCCC(CC)COc1cc(C(=O)OCCCCN2CCN(CCO)CC2)cc(OCC(C)CC)c1OCC(CC)CCCC. The van der Waals surface area contributed by atoms with Crippen molar-refractivity contribution in [2.24, 2.45) is 17.8 Å². The first-order valence-electron chi connectivity index (χ1n) is 19.7. The fourth-order valence-electron chi connectivity index (χ4n) is 5.67. The fraction of sp³-hybridized carbons (Fsp3) is 0.825. The van der Waals surface area contributed by atoms with Crippen LogP contribution in [0.3, 0.4) is 0 Å². The molecule has 1 aromatic rings. The van der Waals surface area contributed by atoms with Crippen molar-refractivity contribution in [1.29, 1.82) is 0 Å². The van der Waals surface area contributed by atoms with Gasteiger partial charge in [-0.3, -0.25) is 4.90 Å². The Labute approximate surface area is 295 Å². The summed E-state index contributed by atoms with van der Waals surface area (Å²) >= 11 is 0. The summed E-state index contributed by atoms with van der Waals surface area (Å²) in [6.45, 7) is 25.3. The van der Waals surface area contributed by atoms with E-state index in [0.717, 1.165) is 90.6 Å². The van der Waals surface area contributed by atoms with Crippen LogP contribution >= 0.6 is 0 Å². The maximum atomic E-state index is 13.4. The van der Waals surface area contributed by atoms with Crippen molar-refractivity contribution < 1.29 is 28.8 Å². The van der Waals surface area contributed by atoms with Crippen LogP contribution in [0, 0.1) is 17.8 Å². The minimum Gasteiger partial charge on any atom is -0.489 e. The van der Waals surface area contributed by atoms with E-state index in [0.29, 0.717) is 67.0 Å². The van der Waals surface area contributed by atoms with Crippen molar-refractivity contribution in [2.75, 3.05) is 72.3 Å². The molecular weight excluding hydrogens is 604 g/mol. The van der Waals surface area contributed by atoms with Gasteiger partial charge in [0.25, 0.3) is 0 Å². The molecule has 1 fully saturated rings. The number of esters is 1. The highest BCUT2D eigenvalue weighted by atomic mass is 16.5. The molecule has 0 spiro atoms. The number of carbonyl (C=O) groups excluding carboxylic acids is 1.